The molecule has 0 saturated heterocycles. The summed E-state index contributed by atoms with van der Waals surface area (Å²) in [6.07, 6.45) is 0. The van der Waals surface area contributed by atoms with Crippen LogP contribution in [-0.4, -0.2) is 26.3 Å². The minimum atomic E-state index is 0.506. The van der Waals surface area contributed by atoms with Crippen LogP contribution in [0.15, 0.2) is 12.1 Å². The number of benzene rings is 1. The average Bonchev–Trinajstić information content (AvgIpc) is 2.28. The van der Waals surface area contributed by atoms with Gasteiger partial charge in [-0.1, -0.05) is 0 Å². The summed E-state index contributed by atoms with van der Waals surface area (Å²) in [6, 6.07) is 3.97. The van der Waals surface area contributed by atoms with E-state index in [1.807, 2.05) is 26.0 Å². The Bertz CT molecular complexity index is 311. The molecule has 0 heterocycles. The summed E-state index contributed by atoms with van der Waals surface area (Å²) < 4.78 is 11.1. The lowest BCUT2D eigenvalue weighted by molar-refractivity contribution is 0.307. The predicted molar refractivity (Wildman–Crippen MR) is 65.0 cm³/mol. The zero-order valence-corrected chi connectivity index (χ0v) is 9.95. The summed E-state index contributed by atoms with van der Waals surface area (Å²) in [5, 5.41) is 0. The van der Waals surface area contributed by atoms with E-state index in [1.165, 1.54) is 0 Å². The molecule has 1 aromatic rings. The van der Waals surface area contributed by atoms with E-state index < -0.39 is 0 Å². The van der Waals surface area contributed by atoms with Crippen LogP contribution in [0.5, 0.6) is 11.5 Å². The van der Waals surface area contributed by atoms with E-state index in [4.69, 9.17) is 20.9 Å². The Labute approximate surface area is 96.5 Å². The molecule has 0 bridgehead atoms. The zero-order valence-electron chi connectivity index (χ0n) is 9.95. The third-order valence-corrected chi connectivity index (χ3v) is 2.21. The largest absolute Gasteiger partial charge is 0.492 e. The fraction of sp³-hybridized carbons (Fsp3) is 0.500. The van der Waals surface area contributed by atoms with Crippen LogP contribution in [0.1, 0.15) is 11.1 Å². The number of ether oxygens (including phenoxy) is 2. The standard InChI is InChI=1S/C12H20N2O2/c1-9-7-11(15-5-3-13)10(2)12(8-9)16-6-4-14/h7-8H,3-6,13-14H2,1-2H3. The molecule has 0 aliphatic heterocycles. The first-order valence-corrected chi connectivity index (χ1v) is 5.46. The number of rotatable bonds is 6. The van der Waals surface area contributed by atoms with E-state index in [2.05, 4.69) is 0 Å². The summed E-state index contributed by atoms with van der Waals surface area (Å²) in [7, 11) is 0. The highest BCUT2D eigenvalue weighted by molar-refractivity contribution is 5.46. The smallest absolute Gasteiger partial charge is 0.126 e. The van der Waals surface area contributed by atoms with Crippen LogP contribution in [0, 0.1) is 13.8 Å². The second kappa shape index (κ2) is 6.35. The molecule has 90 valence electrons. The fourth-order valence-corrected chi connectivity index (χ4v) is 1.43. The Morgan fingerprint density at radius 1 is 0.938 bits per heavy atom. The topological polar surface area (TPSA) is 70.5 Å². The first kappa shape index (κ1) is 12.8. The molecule has 1 aromatic carbocycles. The van der Waals surface area contributed by atoms with E-state index in [-0.39, 0.29) is 0 Å². The number of hydrogen-bond donors (Lipinski definition) is 2. The average molecular weight is 224 g/mol. The van der Waals surface area contributed by atoms with E-state index >= 15 is 0 Å². The molecule has 4 N–H and O–H groups in total. The van der Waals surface area contributed by atoms with E-state index in [1.54, 1.807) is 0 Å². The number of aryl methyl sites for hydroxylation is 1. The molecular weight excluding hydrogens is 204 g/mol. The van der Waals surface area contributed by atoms with E-state index in [0.29, 0.717) is 26.3 Å². The molecule has 4 heteroatoms. The second-order valence-corrected chi connectivity index (χ2v) is 3.66. The maximum absolute atomic E-state index is 5.55. The Morgan fingerprint density at radius 2 is 1.38 bits per heavy atom. The summed E-state index contributed by atoms with van der Waals surface area (Å²) >= 11 is 0. The molecule has 0 atom stereocenters. The van der Waals surface area contributed by atoms with Crippen LogP contribution < -0.4 is 20.9 Å². The Morgan fingerprint density at radius 3 is 1.75 bits per heavy atom. The van der Waals surface area contributed by atoms with Gasteiger partial charge in [-0.05, 0) is 31.5 Å². The molecular formula is C12H20N2O2. The molecule has 0 fully saturated rings. The van der Waals surface area contributed by atoms with Gasteiger partial charge in [0, 0.05) is 18.7 Å². The van der Waals surface area contributed by atoms with Crippen molar-refractivity contribution >= 4 is 0 Å². The molecule has 0 spiro atoms. The maximum Gasteiger partial charge on any atom is 0.126 e. The van der Waals surface area contributed by atoms with Crippen LogP contribution >= 0.6 is 0 Å². The van der Waals surface area contributed by atoms with Crippen molar-refractivity contribution in [2.45, 2.75) is 13.8 Å². The lowest BCUT2D eigenvalue weighted by atomic mass is 10.1. The molecule has 0 aliphatic carbocycles. The second-order valence-electron chi connectivity index (χ2n) is 3.66. The van der Waals surface area contributed by atoms with Gasteiger partial charge in [0.25, 0.3) is 0 Å². The summed E-state index contributed by atoms with van der Waals surface area (Å²) in [5.41, 5.74) is 12.9. The minimum Gasteiger partial charge on any atom is -0.492 e. The molecule has 4 nitrogen and oxygen atoms in total. The zero-order chi connectivity index (χ0) is 12.0. The molecule has 16 heavy (non-hydrogen) atoms. The molecule has 0 radical (unpaired) electrons. The summed E-state index contributed by atoms with van der Waals surface area (Å²) in [6.45, 7) is 6.02. The Kier molecular flexibility index (Phi) is 5.08. The maximum atomic E-state index is 5.55. The van der Waals surface area contributed by atoms with E-state index in [0.717, 1.165) is 22.6 Å². The molecule has 1 rings (SSSR count). The predicted octanol–water partition coefficient (Wildman–Crippen LogP) is 0.978. The van der Waals surface area contributed by atoms with Crippen molar-refractivity contribution in [2.75, 3.05) is 26.3 Å². The summed E-state index contributed by atoms with van der Waals surface area (Å²) in [4.78, 5) is 0. The monoisotopic (exact) mass is 224 g/mol. The van der Waals surface area contributed by atoms with Gasteiger partial charge in [-0.25, -0.2) is 0 Å². The molecule has 0 saturated carbocycles. The molecule has 0 unspecified atom stereocenters. The van der Waals surface area contributed by atoms with Crippen molar-refractivity contribution in [3.8, 4) is 11.5 Å². The lowest BCUT2D eigenvalue weighted by Gasteiger charge is -2.14. The first-order valence-electron chi connectivity index (χ1n) is 5.46. The quantitative estimate of drug-likeness (QED) is 0.755. The van der Waals surface area contributed by atoms with Gasteiger partial charge < -0.3 is 20.9 Å². The van der Waals surface area contributed by atoms with Gasteiger partial charge in [0.1, 0.15) is 24.7 Å². The van der Waals surface area contributed by atoms with Crippen molar-refractivity contribution < 1.29 is 9.47 Å². The van der Waals surface area contributed by atoms with E-state index in [9.17, 15) is 0 Å². The van der Waals surface area contributed by atoms with Crippen LogP contribution in [0.25, 0.3) is 0 Å². The lowest BCUT2D eigenvalue weighted by Crippen LogP contribution is -2.13. The number of nitrogens with two attached hydrogens (primary N) is 2. The molecule has 0 aliphatic rings. The van der Waals surface area contributed by atoms with Gasteiger partial charge in [-0.15, -0.1) is 0 Å². The van der Waals surface area contributed by atoms with Crippen molar-refractivity contribution in [2.24, 2.45) is 11.5 Å². The van der Waals surface area contributed by atoms with Gasteiger partial charge in [-0.3, -0.25) is 0 Å². The fourth-order valence-electron chi connectivity index (χ4n) is 1.43. The van der Waals surface area contributed by atoms with Crippen LogP contribution in [0.2, 0.25) is 0 Å². The van der Waals surface area contributed by atoms with Gasteiger partial charge in [-0.2, -0.15) is 0 Å². The van der Waals surface area contributed by atoms with Crippen LogP contribution in [0.4, 0.5) is 0 Å². The first-order chi connectivity index (χ1) is 7.69. The van der Waals surface area contributed by atoms with Crippen molar-refractivity contribution in [1.29, 1.82) is 0 Å². The Balaban J connectivity index is 2.86. The normalized spacial score (nSPS) is 10.2. The highest BCUT2D eigenvalue weighted by atomic mass is 16.5. The van der Waals surface area contributed by atoms with Gasteiger partial charge in [0.05, 0.1) is 0 Å². The molecule has 0 amide bonds. The third kappa shape index (κ3) is 3.40. The van der Waals surface area contributed by atoms with Crippen molar-refractivity contribution in [3.63, 3.8) is 0 Å². The Hall–Kier alpha value is -1.26. The molecule has 0 aromatic heterocycles. The van der Waals surface area contributed by atoms with Crippen molar-refractivity contribution in [1.82, 2.24) is 0 Å². The number of hydrogen-bond acceptors (Lipinski definition) is 4. The van der Waals surface area contributed by atoms with Crippen LogP contribution in [-0.2, 0) is 0 Å². The minimum absolute atomic E-state index is 0.506. The third-order valence-electron chi connectivity index (χ3n) is 2.21. The highest BCUT2D eigenvalue weighted by Crippen LogP contribution is 2.29. The van der Waals surface area contributed by atoms with Crippen LogP contribution in [0.3, 0.4) is 0 Å². The van der Waals surface area contributed by atoms with Crippen molar-refractivity contribution in [3.05, 3.63) is 23.3 Å². The van der Waals surface area contributed by atoms with Gasteiger partial charge >= 0.3 is 0 Å². The van der Waals surface area contributed by atoms with Gasteiger partial charge in [0.15, 0.2) is 0 Å². The summed E-state index contributed by atoms with van der Waals surface area (Å²) in [5.74, 6) is 1.66. The van der Waals surface area contributed by atoms with Gasteiger partial charge in [0.2, 0.25) is 0 Å². The highest BCUT2D eigenvalue weighted by Gasteiger charge is 2.07. The SMILES string of the molecule is Cc1cc(OCCN)c(C)c(OCCN)c1.